The lowest BCUT2D eigenvalue weighted by atomic mass is 10.1. The molecule has 0 radical (unpaired) electrons. The highest BCUT2D eigenvalue weighted by Gasteiger charge is 2.14. The van der Waals surface area contributed by atoms with Gasteiger partial charge in [0.1, 0.15) is 0 Å². The van der Waals surface area contributed by atoms with E-state index >= 15 is 0 Å². The third-order valence-electron chi connectivity index (χ3n) is 2.70. The Balaban J connectivity index is 2.30. The lowest BCUT2D eigenvalue weighted by molar-refractivity contribution is 0.0937. The van der Waals surface area contributed by atoms with Crippen LogP contribution in [0.5, 0.6) is 0 Å². The smallest absolute Gasteiger partial charge is 0.282 e. The van der Waals surface area contributed by atoms with Crippen LogP contribution in [-0.4, -0.2) is 29.2 Å². The number of carbonyl (C=O) groups excluding carboxylic acids is 1. The standard InChI is InChI=1S/C12H22N4OS/c1-4-5-6-7-8-9(2)14-10(17)11-15-16-12(13-3)18-11/h9H,4-8H2,1-3H3,(H,13,16)(H,14,17). The summed E-state index contributed by atoms with van der Waals surface area (Å²) in [7, 11) is 1.76. The molecule has 5 nitrogen and oxygen atoms in total. The predicted octanol–water partition coefficient (Wildman–Crippen LogP) is 2.67. The third kappa shape index (κ3) is 5.00. The fourth-order valence-electron chi connectivity index (χ4n) is 1.65. The zero-order valence-corrected chi connectivity index (χ0v) is 12.1. The molecule has 0 bridgehead atoms. The second-order valence-electron chi connectivity index (χ2n) is 4.39. The quantitative estimate of drug-likeness (QED) is 0.713. The number of nitrogens with one attached hydrogen (secondary N) is 2. The lowest BCUT2D eigenvalue weighted by Gasteiger charge is -2.12. The number of aromatic nitrogens is 2. The van der Waals surface area contributed by atoms with E-state index in [4.69, 9.17) is 0 Å². The molecule has 1 aromatic rings. The second-order valence-corrected chi connectivity index (χ2v) is 5.36. The molecular formula is C12H22N4OS. The van der Waals surface area contributed by atoms with Gasteiger partial charge in [0.2, 0.25) is 10.1 Å². The fourth-order valence-corrected chi connectivity index (χ4v) is 2.25. The minimum Gasteiger partial charge on any atom is -0.363 e. The first-order valence-electron chi connectivity index (χ1n) is 6.49. The molecule has 0 saturated heterocycles. The highest BCUT2D eigenvalue weighted by molar-refractivity contribution is 7.17. The maximum Gasteiger partial charge on any atom is 0.282 e. The molecule has 2 N–H and O–H groups in total. The third-order valence-corrected chi connectivity index (χ3v) is 3.64. The minimum absolute atomic E-state index is 0.128. The highest BCUT2D eigenvalue weighted by Crippen LogP contribution is 2.14. The van der Waals surface area contributed by atoms with Crippen LogP contribution in [0.15, 0.2) is 0 Å². The Labute approximate surface area is 112 Å². The number of hydrogen-bond acceptors (Lipinski definition) is 5. The van der Waals surface area contributed by atoms with Gasteiger partial charge in [0.25, 0.3) is 5.91 Å². The van der Waals surface area contributed by atoms with Crippen molar-refractivity contribution in [3.63, 3.8) is 0 Å². The number of hydrogen-bond donors (Lipinski definition) is 2. The topological polar surface area (TPSA) is 66.9 Å². The molecular weight excluding hydrogens is 248 g/mol. The van der Waals surface area contributed by atoms with E-state index in [0.29, 0.717) is 10.1 Å². The molecule has 6 heteroatoms. The average Bonchev–Trinajstić information content (AvgIpc) is 2.83. The van der Waals surface area contributed by atoms with Crippen LogP contribution in [0, 0.1) is 0 Å². The molecule has 0 aliphatic rings. The van der Waals surface area contributed by atoms with Crippen molar-refractivity contribution in [1.82, 2.24) is 15.5 Å². The van der Waals surface area contributed by atoms with Crippen molar-refractivity contribution in [3.05, 3.63) is 5.01 Å². The molecule has 18 heavy (non-hydrogen) atoms. The summed E-state index contributed by atoms with van der Waals surface area (Å²) in [5.41, 5.74) is 0. The largest absolute Gasteiger partial charge is 0.363 e. The number of anilines is 1. The van der Waals surface area contributed by atoms with Crippen molar-refractivity contribution < 1.29 is 4.79 Å². The minimum atomic E-state index is -0.128. The van der Waals surface area contributed by atoms with Crippen molar-refractivity contribution in [3.8, 4) is 0 Å². The number of rotatable bonds is 8. The molecule has 102 valence electrons. The van der Waals surface area contributed by atoms with E-state index in [-0.39, 0.29) is 11.9 Å². The van der Waals surface area contributed by atoms with Gasteiger partial charge in [-0.2, -0.15) is 0 Å². The number of amides is 1. The molecule has 1 amide bonds. The molecule has 1 heterocycles. The zero-order valence-electron chi connectivity index (χ0n) is 11.3. The normalized spacial score (nSPS) is 12.2. The van der Waals surface area contributed by atoms with Gasteiger partial charge in [-0.25, -0.2) is 0 Å². The molecule has 1 rings (SSSR count). The van der Waals surface area contributed by atoms with E-state index in [2.05, 4.69) is 27.8 Å². The van der Waals surface area contributed by atoms with Crippen molar-refractivity contribution in [2.75, 3.05) is 12.4 Å². The van der Waals surface area contributed by atoms with Crippen LogP contribution < -0.4 is 10.6 Å². The van der Waals surface area contributed by atoms with Gasteiger partial charge in [-0.15, -0.1) is 10.2 Å². The van der Waals surface area contributed by atoms with Gasteiger partial charge in [0.15, 0.2) is 0 Å². The highest BCUT2D eigenvalue weighted by atomic mass is 32.1. The van der Waals surface area contributed by atoms with Gasteiger partial charge in [-0.1, -0.05) is 43.9 Å². The van der Waals surface area contributed by atoms with E-state index in [9.17, 15) is 4.79 Å². The van der Waals surface area contributed by atoms with Crippen LogP contribution in [0.3, 0.4) is 0 Å². The van der Waals surface area contributed by atoms with Gasteiger partial charge in [-0.05, 0) is 13.3 Å². The van der Waals surface area contributed by atoms with Crippen molar-refractivity contribution in [2.24, 2.45) is 0 Å². The van der Waals surface area contributed by atoms with Crippen LogP contribution in [0.1, 0.15) is 55.8 Å². The van der Waals surface area contributed by atoms with E-state index < -0.39 is 0 Å². The summed E-state index contributed by atoms with van der Waals surface area (Å²) in [5, 5.41) is 14.6. The monoisotopic (exact) mass is 270 g/mol. The number of unbranched alkanes of at least 4 members (excludes halogenated alkanes) is 3. The molecule has 1 atom stereocenters. The Bertz CT molecular complexity index is 367. The maximum atomic E-state index is 11.8. The summed E-state index contributed by atoms with van der Waals surface area (Å²) >= 11 is 1.27. The van der Waals surface area contributed by atoms with Crippen LogP contribution in [-0.2, 0) is 0 Å². The fraction of sp³-hybridized carbons (Fsp3) is 0.750. The van der Waals surface area contributed by atoms with E-state index in [1.54, 1.807) is 7.05 Å². The first kappa shape index (κ1) is 14.9. The summed E-state index contributed by atoms with van der Waals surface area (Å²) in [5.74, 6) is -0.128. The van der Waals surface area contributed by atoms with E-state index in [1.807, 2.05) is 6.92 Å². The van der Waals surface area contributed by atoms with Crippen LogP contribution in [0.25, 0.3) is 0 Å². The van der Waals surface area contributed by atoms with Crippen molar-refractivity contribution in [1.29, 1.82) is 0 Å². The molecule has 0 aliphatic heterocycles. The Morgan fingerprint density at radius 1 is 1.33 bits per heavy atom. The summed E-state index contributed by atoms with van der Waals surface area (Å²) < 4.78 is 0. The Morgan fingerprint density at radius 2 is 2.11 bits per heavy atom. The summed E-state index contributed by atoms with van der Waals surface area (Å²) in [6, 6.07) is 0.191. The lowest BCUT2D eigenvalue weighted by Crippen LogP contribution is -2.32. The van der Waals surface area contributed by atoms with Gasteiger partial charge < -0.3 is 10.6 Å². The van der Waals surface area contributed by atoms with Gasteiger partial charge >= 0.3 is 0 Å². The van der Waals surface area contributed by atoms with Crippen molar-refractivity contribution in [2.45, 2.75) is 52.0 Å². The van der Waals surface area contributed by atoms with Crippen LogP contribution in [0.4, 0.5) is 5.13 Å². The van der Waals surface area contributed by atoms with E-state index in [1.165, 1.54) is 30.6 Å². The first-order valence-corrected chi connectivity index (χ1v) is 7.31. The van der Waals surface area contributed by atoms with Crippen LogP contribution >= 0.6 is 11.3 Å². The molecule has 1 unspecified atom stereocenters. The predicted molar refractivity (Wildman–Crippen MR) is 75.1 cm³/mol. The number of carbonyl (C=O) groups is 1. The Kier molecular flexibility index (Phi) is 6.64. The van der Waals surface area contributed by atoms with Gasteiger partial charge in [0, 0.05) is 13.1 Å². The molecule has 0 spiro atoms. The zero-order chi connectivity index (χ0) is 13.4. The number of nitrogens with zero attached hydrogens (tertiary/aromatic N) is 2. The maximum absolute atomic E-state index is 11.8. The summed E-state index contributed by atoms with van der Waals surface area (Å²) in [4.78, 5) is 11.8. The Morgan fingerprint density at radius 3 is 2.72 bits per heavy atom. The first-order chi connectivity index (χ1) is 8.67. The molecule has 0 aromatic carbocycles. The molecule has 0 saturated carbocycles. The van der Waals surface area contributed by atoms with Gasteiger partial charge in [0.05, 0.1) is 0 Å². The SMILES string of the molecule is CCCCCCC(C)NC(=O)c1nnc(NC)s1. The Hall–Kier alpha value is -1.17. The molecule has 1 aromatic heterocycles. The summed E-state index contributed by atoms with van der Waals surface area (Å²) in [6.07, 6.45) is 5.91. The second kappa shape index (κ2) is 8.02. The molecule has 0 aliphatic carbocycles. The van der Waals surface area contributed by atoms with Gasteiger partial charge in [-0.3, -0.25) is 4.79 Å². The summed E-state index contributed by atoms with van der Waals surface area (Å²) in [6.45, 7) is 4.23. The molecule has 0 fully saturated rings. The van der Waals surface area contributed by atoms with E-state index in [0.717, 1.165) is 12.8 Å². The average molecular weight is 270 g/mol. The van der Waals surface area contributed by atoms with Crippen LogP contribution in [0.2, 0.25) is 0 Å². The van der Waals surface area contributed by atoms with Crippen molar-refractivity contribution >= 4 is 22.4 Å².